The molecule has 4 heterocycles. The number of nitrogens with one attached hydrogen (secondary N) is 1. The Morgan fingerprint density at radius 3 is 2.86 bits per heavy atom. The highest BCUT2D eigenvalue weighted by Gasteiger charge is 2.34. The number of benzene rings is 1. The summed E-state index contributed by atoms with van der Waals surface area (Å²) in [5.41, 5.74) is 3.63. The van der Waals surface area contributed by atoms with Crippen molar-refractivity contribution in [3.63, 3.8) is 0 Å². The lowest BCUT2D eigenvalue weighted by molar-refractivity contribution is 0.244. The maximum absolute atomic E-state index is 4.73. The molecule has 1 aromatic carbocycles. The Balaban J connectivity index is 1.30. The van der Waals surface area contributed by atoms with E-state index >= 15 is 0 Å². The van der Waals surface area contributed by atoms with Crippen LogP contribution in [-0.2, 0) is 13.6 Å². The Hall–Kier alpha value is -3.35. The number of hydrogen-bond donors (Lipinski definition) is 1. The molecule has 2 aromatic heterocycles. The van der Waals surface area contributed by atoms with Crippen molar-refractivity contribution in [3.05, 3.63) is 72.3 Å². The van der Waals surface area contributed by atoms with E-state index in [1.807, 2.05) is 25.5 Å². The number of hydrogen-bond acceptors (Lipinski definition) is 6. The fraction of sp³-hybridized carbons (Fsp3) is 0.286. The maximum Gasteiger partial charge on any atom is 0.229 e. The van der Waals surface area contributed by atoms with Crippen molar-refractivity contribution in [3.8, 4) is 0 Å². The lowest BCUT2D eigenvalue weighted by Crippen LogP contribution is -2.48. The Bertz CT molecular complexity index is 995. The number of rotatable bonds is 5. The fourth-order valence-corrected chi connectivity index (χ4v) is 3.98. The molecule has 2 bridgehead atoms. The minimum atomic E-state index is 0.494. The average molecular weight is 373 g/mol. The third-order valence-electron chi connectivity index (χ3n) is 5.34. The molecule has 7 nitrogen and oxygen atoms in total. The molecule has 2 aliphatic rings. The van der Waals surface area contributed by atoms with Crippen molar-refractivity contribution in [2.45, 2.75) is 19.0 Å². The maximum atomic E-state index is 4.73. The van der Waals surface area contributed by atoms with Crippen LogP contribution in [0.3, 0.4) is 0 Å². The van der Waals surface area contributed by atoms with Crippen LogP contribution in [0.4, 0.5) is 17.5 Å². The van der Waals surface area contributed by atoms with Crippen LogP contribution < -0.4 is 10.2 Å². The molecule has 0 spiro atoms. The summed E-state index contributed by atoms with van der Waals surface area (Å²) < 4.78 is 1.75. The number of aromatic nitrogens is 4. The topological polar surface area (TPSA) is 62.1 Å². The van der Waals surface area contributed by atoms with E-state index in [0.717, 1.165) is 37.6 Å². The fourth-order valence-electron chi connectivity index (χ4n) is 3.98. The van der Waals surface area contributed by atoms with Gasteiger partial charge in [-0.15, -0.1) is 0 Å². The Labute approximate surface area is 164 Å². The summed E-state index contributed by atoms with van der Waals surface area (Å²) in [5.74, 6) is 1.55. The first kappa shape index (κ1) is 16.8. The molecule has 1 atom stereocenters. The molecule has 0 aliphatic carbocycles. The van der Waals surface area contributed by atoms with E-state index in [2.05, 4.69) is 61.6 Å². The third kappa shape index (κ3) is 3.31. The van der Waals surface area contributed by atoms with Crippen molar-refractivity contribution in [2.75, 3.05) is 23.3 Å². The first-order chi connectivity index (χ1) is 13.7. The van der Waals surface area contributed by atoms with E-state index in [1.54, 1.807) is 10.9 Å². The van der Waals surface area contributed by atoms with Gasteiger partial charge in [-0.1, -0.05) is 36.4 Å². The zero-order valence-corrected chi connectivity index (χ0v) is 15.9. The van der Waals surface area contributed by atoms with Gasteiger partial charge in [-0.25, -0.2) is 4.98 Å². The molecule has 7 heteroatoms. The number of piperazine rings is 1. The summed E-state index contributed by atoms with van der Waals surface area (Å²) in [7, 11) is 1.89. The lowest BCUT2D eigenvalue weighted by atomic mass is 10.1. The molecule has 0 unspecified atom stereocenters. The van der Waals surface area contributed by atoms with Gasteiger partial charge in [-0.05, 0) is 18.1 Å². The molecule has 142 valence electrons. The highest BCUT2D eigenvalue weighted by molar-refractivity contribution is 5.53. The molecule has 28 heavy (non-hydrogen) atoms. The summed E-state index contributed by atoms with van der Waals surface area (Å²) in [6.45, 7) is 2.83. The van der Waals surface area contributed by atoms with E-state index in [0.29, 0.717) is 12.0 Å². The van der Waals surface area contributed by atoms with Gasteiger partial charge in [0, 0.05) is 38.2 Å². The lowest BCUT2D eigenvalue weighted by Gasteiger charge is -2.41. The van der Waals surface area contributed by atoms with Gasteiger partial charge in [-0.3, -0.25) is 4.68 Å². The van der Waals surface area contributed by atoms with Crippen LogP contribution in [0, 0.1) is 0 Å². The van der Waals surface area contributed by atoms with E-state index in [1.165, 1.54) is 11.3 Å². The second-order valence-electron chi connectivity index (χ2n) is 7.35. The predicted octanol–water partition coefficient (Wildman–Crippen LogP) is 2.93. The first-order valence-electron chi connectivity index (χ1n) is 9.58. The minimum absolute atomic E-state index is 0.494. The third-order valence-corrected chi connectivity index (χ3v) is 5.34. The quantitative estimate of drug-likeness (QED) is 0.742. The summed E-state index contributed by atoms with van der Waals surface area (Å²) >= 11 is 0. The van der Waals surface area contributed by atoms with Crippen molar-refractivity contribution in [1.29, 1.82) is 0 Å². The number of aryl methyl sites for hydroxylation is 1. The van der Waals surface area contributed by atoms with Gasteiger partial charge in [0.2, 0.25) is 5.95 Å². The Kier molecular flexibility index (Phi) is 4.20. The molecular formula is C21H23N7. The highest BCUT2D eigenvalue weighted by Crippen LogP contribution is 2.32. The number of fused-ring (bicyclic) bond motifs is 2. The van der Waals surface area contributed by atoms with Crippen LogP contribution in [0.2, 0.25) is 0 Å². The predicted molar refractivity (Wildman–Crippen MR) is 109 cm³/mol. The molecule has 3 aromatic rings. The summed E-state index contributed by atoms with van der Waals surface area (Å²) in [4.78, 5) is 14.0. The van der Waals surface area contributed by atoms with Crippen molar-refractivity contribution in [2.24, 2.45) is 7.05 Å². The molecule has 1 saturated heterocycles. The highest BCUT2D eigenvalue weighted by atomic mass is 15.3. The molecule has 5 rings (SSSR count). The van der Waals surface area contributed by atoms with E-state index in [9.17, 15) is 0 Å². The number of anilines is 3. The minimum Gasteiger partial charge on any atom is -0.364 e. The molecule has 0 radical (unpaired) electrons. The molecule has 1 fully saturated rings. The van der Waals surface area contributed by atoms with Crippen LogP contribution in [0.15, 0.2) is 66.8 Å². The summed E-state index contributed by atoms with van der Waals surface area (Å²) in [6, 6.07) is 13.2. The van der Waals surface area contributed by atoms with Crippen LogP contribution in [0.25, 0.3) is 0 Å². The summed E-state index contributed by atoms with van der Waals surface area (Å²) in [5, 5.41) is 7.40. The monoisotopic (exact) mass is 373 g/mol. The second kappa shape index (κ2) is 6.99. The van der Waals surface area contributed by atoms with E-state index in [4.69, 9.17) is 4.98 Å². The molecule has 0 amide bonds. The molecule has 2 aliphatic heterocycles. The van der Waals surface area contributed by atoms with Gasteiger partial charge in [0.15, 0.2) is 0 Å². The summed E-state index contributed by atoms with van der Waals surface area (Å²) in [6.07, 6.45) is 8.97. The van der Waals surface area contributed by atoms with E-state index in [-0.39, 0.29) is 0 Å². The van der Waals surface area contributed by atoms with Gasteiger partial charge in [0.05, 0.1) is 24.5 Å². The Morgan fingerprint density at radius 2 is 2.07 bits per heavy atom. The first-order valence-corrected chi connectivity index (χ1v) is 9.58. The SMILES string of the molecule is Cn1cc(Nc2nccc(N3CC4=CC[C@H](C3)N4Cc3ccccc3)n2)cn1. The van der Waals surface area contributed by atoms with Crippen molar-refractivity contribution >= 4 is 17.5 Å². The van der Waals surface area contributed by atoms with Crippen molar-refractivity contribution < 1.29 is 0 Å². The normalized spacial score (nSPS) is 18.3. The van der Waals surface area contributed by atoms with Crippen LogP contribution in [-0.4, -0.2) is 43.8 Å². The zero-order valence-electron chi connectivity index (χ0n) is 15.9. The molecular weight excluding hydrogens is 350 g/mol. The zero-order chi connectivity index (χ0) is 18.9. The van der Waals surface area contributed by atoms with Crippen molar-refractivity contribution in [1.82, 2.24) is 24.6 Å². The Morgan fingerprint density at radius 1 is 1.18 bits per heavy atom. The standard InChI is InChI=1S/C21H23N7/c1-26-13-17(11-23-26)24-21-22-10-9-20(25-21)27-14-18-7-8-19(15-27)28(18)12-16-5-3-2-4-6-16/h2-7,9-11,13,19H,8,12,14-15H2,1H3,(H,22,24,25)/t19-/m1/s1. The van der Waals surface area contributed by atoms with Gasteiger partial charge >= 0.3 is 0 Å². The van der Waals surface area contributed by atoms with Gasteiger partial charge in [0.1, 0.15) is 5.82 Å². The van der Waals surface area contributed by atoms with Crippen LogP contribution >= 0.6 is 0 Å². The average Bonchev–Trinajstić information content (AvgIpc) is 3.21. The smallest absolute Gasteiger partial charge is 0.229 e. The van der Waals surface area contributed by atoms with Crippen LogP contribution in [0.1, 0.15) is 12.0 Å². The largest absolute Gasteiger partial charge is 0.364 e. The molecule has 0 saturated carbocycles. The molecule has 1 N–H and O–H groups in total. The number of nitrogens with zero attached hydrogens (tertiary/aromatic N) is 6. The van der Waals surface area contributed by atoms with Crippen LogP contribution in [0.5, 0.6) is 0 Å². The van der Waals surface area contributed by atoms with E-state index < -0.39 is 0 Å². The van der Waals surface area contributed by atoms with Gasteiger partial charge < -0.3 is 15.1 Å². The van der Waals surface area contributed by atoms with Gasteiger partial charge in [0.25, 0.3) is 0 Å². The van der Waals surface area contributed by atoms with Gasteiger partial charge in [-0.2, -0.15) is 10.1 Å². The second-order valence-corrected chi connectivity index (χ2v) is 7.35.